The van der Waals surface area contributed by atoms with Crippen molar-refractivity contribution in [2.45, 2.75) is 141 Å². The number of imidazole rings is 1. The Kier molecular flexibility index (Phi) is 24.6. The number of nitrogens with one attached hydrogen (secondary N) is 2. The summed E-state index contributed by atoms with van der Waals surface area (Å²) in [4.78, 5) is 86.4. The van der Waals surface area contributed by atoms with Gasteiger partial charge in [0.1, 0.15) is 42.5 Å². The Morgan fingerprint density at radius 1 is 0.892 bits per heavy atom. The number of rotatable bonds is 35. The quantitative estimate of drug-likeness (QED) is 0.0269. The number of aldehydes is 1. The van der Waals surface area contributed by atoms with Crippen LogP contribution in [0.2, 0.25) is 0 Å². The van der Waals surface area contributed by atoms with Crippen molar-refractivity contribution in [3.8, 4) is 0 Å². The molecule has 1 aliphatic rings. The van der Waals surface area contributed by atoms with Gasteiger partial charge >= 0.3 is 23.5 Å². The van der Waals surface area contributed by atoms with Crippen molar-refractivity contribution in [1.29, 1.82) is 0 Å². The van der Waals surface area contributed by atoms with Crippen LogP contribution in [0.5, 0.6) is 0 Å². The lowest BCUT2D eigenvalue weighted by atomic mass is 9.87. The molecule has 0 spiro atoms. The fourth-order valence-electron chi connectivity index (χ4n) is 6.68. The molecule has 1 fully saturated rings. The lowest BCUT2D eigenvalue weighted by Crippen LogP contribution is -2.46. The Labute approximate surface area is 382 Å². The number of nitrogens with two attached hydrogens (primary N) is 1. The Hall–Kier alpha value is -2.44. The molecule has 0 aliphatic carbocycles. The number of ether oxygens (including phenoxy) is 1. The van der Waals surface area contributed by atoms with E-state index in [1.165, 1.54) is 78.1 Å². The molecule has 2 aromatic heterocycles. The van der Waals surface area contributed by atoms with Crippen molar-refractivity contribution in [2.75, 3.05) is 43.5 Å². The molecular formula is C37H66N7O17P3S. The molecule has 0 radical (unpaired) electrons. The molecule has 2 amide bonds. The summed E-state index contributed by atoms with van der Waals surface area (Å²) >= 11 is 1.75. The zero-order valence-electron chi connectivity index (χ0n) is 36.8. The van der Waals surface area contributed by atoms with E-state index in [1.807, 2.05) is 0 Å². The molecule has 0 bridgehead atoms. The van der Waals surface area contributed by atoms with Gasteiger partial charge in [0.05, 0.1) is 19.5 Å². The fourth-order valence-corrected chi connectivity index (χ4v) is 10.4. The van der Waals surface area contributed by atoms with Gasteiger partial charge in [0, 0.05) is 37.1 Å². The van der Waals surface area contributed by atoms with Crippen LogP contribution in [0.4, 0.5) is 5.82 Å². The predicted octanol–water partition coefficient (Wildman–Crippen LogP) is 3.80. The number of phosphoric acid groups is 3. The van der Waals surface area contributed by atoms with Crippen LogP contribution in [0.1, 0.15) is 116 Å². The average molecular weight is 1010 g/mol. The zero-order valence-corrected chi connectivity index (χ0v) is 40.3. The molecule has 3 heterocycles. The number of aromatic nitrogens is 4. The molecule has 65 heavy (non-hydrogen) atoms. The number of thioether (sulfide) groups is 1. The Bertz CT molecular complexity index is 1930. The first-order valence-corrected chi connectivity index (χ1v) is 27.2. The molecule has 1 aliphatic heterocycles. The van der Waals surface area contributed by atoms with Gasteiger partial charge in [0.15, 0.2) is 17.7 Å². The number of amides is 2. The highest BCUT2D eigenvalue weighted by molar-refractivity contribution is 7.99. The van der Waals surface area contributed by atoms with Crippen molar-refractivity contribution in [3.63, 3.8) is 0 Å². The number of fused-ring (bicyclic) bond motifs is 1. The van der Waals surface area contributed by atoms with Crippen LogP contribution in [-0.2, 0) is 50.7 Å². The molecule has 372 valence electrons. The molecule has 1 saturated heterocycles. The van der Waals surface area contributed by atoms with Crippen molar-refractivity contribution < 1.29 is 80.5 Å². The number of hydrogen-bond donors (Lipinski definition) is 9. The Morgan fingerprint density at radius 3 is 2.11 bits per heavy atom. The minimum absolute atomic E-state index is 0.0348. The summed E-state index contributed by atoms with van der Waals surface area (Å²) in [5.41, 5.74) is 4.33. The topological polar surface area (TPSA) is 364 Å². The number of phosphoric ester groups is 3. The number of hydrogen-bond acceptors (Lipinski definition) is 18. The van der Waals surface area contributed by atoms with Gasteiger partial charge in [-0.2, -0.15) is 16.1 Å². The second-order valence-corrected chi connectivity index (χ2v) is 21.7. The summed E-state index contributed by atoms with van der Waals surface area (Å²) in [7, 11) is -16.4. The SMILES string of the molecule is CC(C)(COP(=O)(O)OP(=O)(O)OC[C@H]1O[C@@H](n2cnc3c(N)ncnc32)[C@H](O)[C@@H]1OP(=O)(O)O)[C@@H](O)C(=O)NCCC(=O)NCCSCCCCCCCCCCCCCCCC=O. The summed E-state index contributed by atoms with van der Waals surface area (Å²) in [6, 6.07) is 0. The van der Waals surface area contributed by atoms with Gasteiger partial charge in [0.2, 0.25) is 11.8 Å². The summed E-state index contributed by atoms with van der Waals surface area (Å²) in [6.45, 7) is 0.933. The number of anilines is 1. The van der Waals surface area contributed by atoms with E-state index in [0.717, 1.165) is 54.3 Å². The number of nitrogen functional groups attached to an aromatic ring is 1. The van der Waals surface area contributed by atoms with E-state index in [2.05, 4.69) is 34.4 Å². The number of aliphatic hydroxyl groups excluding tert-OH is 2. The first kappa shape index (κ1) is 56.9. The van der Waals surface area contributed by atoms with Crippen LogP contribution in [0.3, 0.4) is 0 Å². The molecule has 3 rings (SSSR count). The number of carbonyl (C=O) groups excluding carboxylic acids is 3. The highest BCUT2D eigenvalue weighted by Gasteiger charge is 2.50. The van der Waals surface area contributed by atoms with Crippen molar-refractivity contribution >= 4 is 70.3 Å². The smallest absolute Gasteiger partial charge is 0.386 e. The van der Waals surface area contributed by atoms with Gasteiger partial charge in [-0.25, -0.2) is 28.6 Å². The van der Waals surface area contributed by atoms with Gasteiger partial charge in [-0.15, -0.1) is 0 Å². The normalized spacial score (nSPS) is 20.3. The number of carbonyl (C=O) groups is 3. The molecule has 0 aromatic carbocycles. The summed E-state index contributed by atoms with van der Waals surface area (Å²) < 4.78 is 62.4. The molecule has 28 heteroatoms. The third-order valence-corrected chi connectivity index (χ3v) is 14.4. The molecular weight excluding hydrogens is 939 g/mol. The fraction of sp³-hybridized carbons (Fsp3) is 0.784. The molecule has 2 unspecified atom stereocenters. The largest absolute Gasteiger partial charge is 0.481 e. The van der Waals surface area contributed by atoms with E-state index in [9.17, 15) is 57.9 Å². The maximum absolute atomic E-state index is 12.7. The van der Waals surface area contributed by atoms with E-state index in [1.54, 1.807) is 11.8 Å². The maximum atomic E-state index is 12.7. The van der Waals surface area contributed by atoms with Gasteiger partial charge < -0.3 is 55.7 Å². The molecule has 2 aromatic rings. The van der Waals surface area contributed by atoms with Crippen molar-refractivity contribution in [3.05, 3.63) is 12.7 Å². The van der Waals surface area contributed by atoms with Crippen molar-refractivity contribution in [1.82, 2.24) is 30.2 Å². The van der Waals surface area contributed by atoms with Crippen molar-refractivity contribution in [2.24, 2.45) is 5.41 Å². The van der Waals surface area contributed by atoms with E-state index < -0.39 is 78.6 Å². The number of unbranched alkanes of at least 4 members (excludes halogenated alkanes) is 13. The van der Waals surface area contributed by atoms with Crippen LogP contribution in [0.15, 0.2) is 12.7 Å². The minimum Gasteiger partial charge on any atom is -0.386 e. The van der Waals surface area contributed by atoms with E-state index in [4.69, 9.17) is 19.5 Å². The van der Waals surface area contributed by atoms with Gasteiger partial charge in [-0.05, 0) is 18.6 Å². The summed E-state index contributed by atoms with van der Waals surface area (Å²) in [5.74, 6) is 0.477. The standard InChI is InChI=1S/C37H66N7O17P3S/c1-37(2,32(48)35(49)40-18-17-28(46)39-19-22-65-21-16-14-12-10-8-6-4-3-5-7-9-11-13-15-20-45)24-58-64(55,56)61-63(53,54)57-23-27-31(60-62(50,51)52)30(47)36(59-27)44-26-43-29-33(38)41-25-42-34(29)44/h20,25-27,30-32,36,47-48H,3-19,21-24H2,1-2H3,(H,39,46)(H,40,49)(H,53,54)(H,55,56)(H2,38,41,42)(H2,50,51,52)/t27-,30-,31-,32+,36-/m1/s1. The molecule has 10 N–H and O–H groups in total. The van der Waals surface area contributed by atoms with E-state index in [-0.39, 0.29) is 35.9 Å². The average Bonchev–Trinajstić information content (AvgIpc) is 3.79. The predicted molar refractivity (Wildman–Crippen MR) is 238 cm³/mol. The third kappa shape index (κ3) is 21.2. The van der Waals surface area contributed by atoms with E-state index >= 15 is 0 Å². The number of aliphatic hydroxyl groups is 2. The van der Waals surface area contributed by atoms with Crippen LogP contribution >= 0.6 is 35.2 Å². The first-order chi connectivity index (χ1) is 30.7. The highest BCUT2D eigenvalue weighted by atomic mass is 32.2. The Morgan fingerprint density at radius 2 is 1.49 bits per heavy atom. The number of nitrogens with zero attached hydrogens (tertiary/aromatic N) is 4. The molecule has 7 atom stereocenters. The van der Waals surface area contributed by atoms with Gasteiger partial charge in [0.25, 0.3) is 0 Å². The summed E-state index contributed by atoms with van der Waals surface area (Å²) in [6.07, 6.45) is 10.8. The Balaban J connectivity index is 1.29. The second-order valence-electron chi connectivity index (χ2n) is 16.2. The minimum atomic E-state index is -5.56. The second kappa shape index (κ2) is 28.1. The van der Waals surface area contributed by atoms with Gasteiger partial charge in [-0.3, -0.25) is 27.7 Å². The lowest BCUT2D eigenvalue weighted by molar-refractivity contribution is -0.137. The first-order valence-electron chi connectivity index (χ1n) is 21.6. The lowest BCUT2D eigenvalue weighted by Gasteiger charge is -2.30. The summed E-state index contributed by atoms with van der Waals surface area (Å²) in [5, 5.41) is 26.7. The van der Waals surface area contributed by atoms with Crippen LogP contribution in [-0.4, -0.2) is 130 Å². The molecule has 24 nitrogen and oxygen atoms in total. The molecule has 0 saturated carbocycles. The van der Waals surface area contributed by atoms with Gasteiger partial charge in [-0.1, -0.05) is 84.5 Å². The highest BCUT2D eigenvalue weighted by Crippen LogP contribution is 2.61. The van der Waals surface area contributed by atoms with Crippen LogP contribution in [0, 0.1) is 5.41 Å². The maximum Gasteiger partial charge on any atom is 0.481 e. The monoisotopic (exact) mass is 1010 g/mol. The zero-order chi connectivity index (χ0) is 48.1. The van der Waals surface area contributed by atoms with Crippen LogP contribution in [0.25, 0.3) is 11.2 Å². The van der Waals surface area contributed by atoms with Crippen LogP contribution < -0.4 is 16.4 Å². The third-order valence-electron chi connectivity index (χ3n) is 10.3. The van der Waals surface area contributed by atoms with E-state index in [0.29, 0.717) is 13.0 Å².